The Bertz CT molecular complexity index is 809. The fraction of sp³-hybridized carbons (Fsp3) is 0.312. The van der Waals surface area contributed by atoms with Gasteiger partial charge in [-0.2, -0.15) is 0 Å². The van der Waals surface area contributed by atoms with E-state index in [9.17, 15) is 13.2 Å². The zero-order valence-corrected chi connectivity index (χ0v) is 14.4. The highest BCUT2D eigenvalue weighted by Crippen LogP contribution is 2.23. The van der Waals surface area contributed by atoms with E-state index < -0.39 is 10.0 Å². The third-order valence-corrected chi connectivity index (χ3v) is 5.59. The van der Waals surface area contributed by atoms with E-state index in [0.29, 0.717) is 16.9 Å². The minimum atomic E-state index is -3.61. The van der Waals surface area contributed by atoms with Crippen LogP contribution in [0.15, 0.2) is 39.8 Å². The van der Waals surface area contributed by atoms with Crippen LogP contribution in [0.2, 0.25) is 0 Å². The van der Waals surface area contributed by atoms with Crippen molar-refractivity contribution in [1.29, 1.82) is 0 Å². The van der Waals surface area contributed by atoms with Crippen LogP contribution in [0, 0.1) is 13.8 Å². The first kappa shape index (κ1) is 17.2. The van der Waals surface area contributed by atoms with E-state index in [-0.39, 0.29) is 17.3 Å². The van der Waals surface area contributed by atoms with Gasteiger partial charge in [-0.15, -0.1) is 0 Å². The summed E-state index contributed by atoms with van der Waals surface area (Å²) in [6.07, 6.45) is 1.53. The molecule has 1 amide bonds. The SMILES string of the molecule is Cc1cc(C(=O)NCc2ccco2)cc(S(=O)(=O)N(C)C)c1C. The highest BCUT2D eigenvalue weighted by Gasteiger charge is 2.22. The highest BCUT2D eigenvalue weighted by atomic mass is 32.2. The van der Waals surface area contributed by atoms with Crippen LogP contribution in [0.5, 0.6) is 0 Å². The normalized spacial score (nSPS) is 11.7. The number of furan rings is 1. The summed E-state index contributed by atoms with van der Waals surface area (Å²) in [7, 11) is -0.677. The van der Waals surface area contributed by atoms with Crippen LogP contribution in [0.3, 0.4) is 0 Å². The molecule has 23 heavy (non-hydrogen) atoms. The number of sulfonamides is 1. The molecule has 0 spiro atoms. The summed E-state index contributed by atoms with van der Waals surface area (Å²) in [5.41, 5.74) is 1.69. The third-order valence-electron chi connectivity index (χ3n) is 3.64. The van der Waals surface area contributed by atoms with Gasteiger partial charge >= 0.3 is 0 Å². The predicted octanol–water partition coefficient (Wildman–Crippen LogP) is 2.08. The van der Waals surface area contributed by atoms with Crippen molar-refractivity contribution in [2.24, 2.45) is 0 Å². The Labute approximate surface area is 136 Å². The molecule has 1 aromatic heterocycles. The predicted molar refractivity (Wildman–Crippen MR) is 86.7 cm³/mol. The molecule has 0 saturated carbocycles. The van der Waals surface area contributed by atoms with Gasteiger partial charge in [-0.05, 0) is 49.2 Å². The maximum Gasteiger partial charge on any atom is 0.251 e. The van der Waals surface area contributed by atoms with Crippen molar-refractivity contribution < 1.29 is 17.6 Å². The molecule has 0 unspecified atom stereocenters. The fourth-order valence-electron chi connectivity index (χ4n) is 2.11. The number of amides is 1. The second-order valence-corrected chi connectivity index (χ2v) is 7.59. The number of aryl methyl sites for hydroxylation is 1. The lowest BCUT2D eigenvalue weighted by molar-refractivity contribution is 0.0947. The topological polar surface area (TPSA) is 79.6 Å². The summed E-state index contributed by atoms with van der Waals surface area (Å²) >= 11 is 0. The van der Waals surface area contributed by atoms with Crippen molar-refractivity contribution in [3.63, 3.8) is 0 Å². The Morgan fingerprint density at radius 1 is 1.26 bits per heavy atom. The van der Waals surface area contributed by atoms with Crippen LogP contribution in [-0.4, -0.2) is 32.7 Å². The number of carbonyl (C=O) groups excluding carboxylic acids is 1. The second kappa shape index (κ2) is 6.55. The molecule has 6 nitrogen and oxygen atoms in total. The summed E-state index contributed by atoms with van der Waals surface area (Å²) in [4.78, 5) is 12.4. The van der Waals surface area contributed by atoms with Gasteiger partial charge in [0.1, 0.15) is 5.76 Å². The molecule has 7 heteroatoms. The molecule has 1 N–H and O–H groups in total. The van der Waals surface area contributed by atoms with Crippen LogP contribution in [0.25, 0.3) is 0 Å². The quantitative estimate of drug-likeness (QED) is 0.906. The highest BCUT2D eigenvalue weighted by molar-refractivity contribution is 7.89. The molecule has 0 radical (unpaired) electrons. The van der Waals surface area contributed by atoms with E-state index in [1.165, 1.54) is 26.4 Å². The number of rotatable bonds is 5. The van der Waals surface area contributed by atoms with Gasteiger partial charge in [-0.3, -0.25) is 4.79 Å². The van der Waals surface area contributed by atoms with Gasteiger partial charge in [-0.1, -0.05) is 0 Å². The number of benzene rings is 1. The number of nitrogens with zero attached hydrogens (tertiary/aromatic N) is 1. The fourth-order valence-corrected chi connectivity index (χ4v) is 3.32. The first-order valence-electron chi connectivity index (χ1n) is 7.08. The van der Waals surface area contributed by atoms with Gasteiger partial charge in [0.25, 0.3) is 5.91 Å². The molecule has 0 saturated heterocycles. The maximum atomic E-state index is 12.4. The summed E-state index contributed by atoms with van der Waals surface area (Å²) < 4.78 is 31.1. The van der Waals surface area contributed by atoms with Crippen molar-refractivity contribution in [2.45, 2.75) is 25.3 Å². The van der Waals surface area contributed by atoms with Gasteiger partial charge < -0.3 is 9.73 Å². The Kier molecular flexibility index (Phi) is 4.91. The molecular formula is C16H20N2O4S. The van der Waals surface area contributed by atoms with E-state index in [4.69, 9.17) is 4.42 Å². The molecule has 0 fully saturated rings. The van der Waals surface area contributed by atoms with Crippen molar-refractivity contribution in [2.75, 3.05) is 14.1 Å². The summed E-state index contributed by atoms with van der Waals surface area (Å²) in [6.45, 7) is 3.76. The number of hydrogen-bond donors (Lipinski definition) is 1. The third kappa shape index (κ3) is 3.62. The Morgan fingerprint density at radius 3 is 2.52 bits per heavy atom. The zero-order valence-electron chi connectivity index (χ0n) is 13.6. The van der Waals surface area contributed by atoms with Crippen LogP contribution in [0.4, 0.5) is 0 Å². The number of hydrogen-bond acceptors (Lipinski definition) is 4. The maximum absolute atomic E-state index is 12.4. The molecular weight excluding hydrogens is 316 g/mol. The van der Waals surface area contributed by atoms with Gasteiger partial charge in [-0.25, -0.2) is 12.7 Å². The molecule has 1 heterocycles. The van der Waals surface area contributed by atoms with Crippen molar-refractivity contribution in [1.82, 2.24) is 9.62 Å². The Hall–Kier alpha value is -2.12. The van der Waals surface area contributed by atoms with E-state index >= 15 is 0 Å². The lowest BCUT2D eigenvalue weighted by Gasteiger charge is -2.16. The summed E-state index contributed by atoms with van der Waals surface area (Å²) in [5, 5.41) is 2.71. The summed E-state index contributed by atoms with van der Waals surface area (Å²) in [5.74, 6) is 0.281. The first-order chi connectivity index (χ1) is 10.7. The monoisotopic (exact) mass is 336 g/mol. The number of nitrogens with one attached hydrogen (secondary N) is 1. The van der Waals surface area contributed by atoms with E-state index in [2.05, 4.69) is 5.32 Å². The molecule has 0 aliphatic rings. The first-order valence-corrected chi connectivity index (χ1v) is 8.52. The largest absolute Gasteiger partial charge is 0.467 e. The minimum absolute atomic E-state index is 0.144. The van der Waals surface area contributed by atoms with Crippen molar-refractivity contribution in [3.05, 3.63) is 53.0 Å². The Balaban J connectivity index is 2.33. The molecule has 2 rings (SSSR count). The molecule has 0 bridgehead atoms. The van der Waals surface area contributed by atoms with Crippen LogP contribution < -0.4 is 5.32 Å². The second-order valence-electron chi connectivity index (χ2n) is 5.47. The van der Waals surface area contributed by atoms with E-state index in [0.717, 1.165) is 9.87 Å². The number of carbonyl (C=O) groups is 1. The smallest absolute Gasteiger partial charge is 0.251 e. The Morgan fingerprint density at radius 2 is 1.96 bits per heavy atom. The molecule has 0 aliphatic carbocycles. The average molecular weight is 336 g/mol. The van der Waals surface area contributed by atoms with Gasteiger partial charge in [0.05, 0.1) is 17.7 Å². The summed E-state index contributed by atoms with van der Waals surface area (Å²) in [6, 6.07) is 6.58. The van der Waals surface area contributed by atoms with E-state index in [1.807, 2.05) is 0 Å². The molecule has 0 aliphatic heterocycles. The van der Waals surface area contributed by atoms with Crippen molar-refractivity contribution >= 4 is 15.9 Å². The molecule has 2 aromatic rings. The minimum Gasteiger partial charge on any atom is -0.467 e. The average Bonchev–Trinajstić information content (AvgIpc) is 3.00. The van der Waals surface area contributed by atoms with Gasteiger partial charge in [0.15, 0.2) is 0 Å². The molecule has 1 aromatic carbocycles. The zero-order chi connectivity index (χ0) is 17.2. The van der Waals surface area contributed by atoms with Crippen molar-refractivity contribution in [3.8, 4) is 0 Å². The van der Waals surface area contributed by atoms with Gasteiger partial charge in [0, 0.05) is 19.7 Å². The molecule has 124 valence electrons. The van der Waals surface area contributed by atoms with Crippen LogP contribution in [-0.2, 0) is 16.6 Å². The van der Waals surface area contributed by atoms with Gasteiger partial charge in [0.2, 0.25) is 10.0 Å². The van der Waals surface area contributed by atoms with E-state index in [1.54, 1.807) is 32.0 Å². The molecule has 0 atom stereocenters. The standard InChI is InChI=1S/C16H20N2O4S/c1-11-8-13(16(19)17-10-14-6-5-7-22-14)9-15(12(11)2)23(20,21)18(3)4/h5-9H,10H2,1-4H3,(H,17,19). The van der Waals surface area contributed by atoms with Crippen LogP contribution in [0.1, 0.15) is 27.2 Å². The lowest BCUT2D eigenvalue weighted by atomic mass is 10.1. The lowest BCUT2D eigenvalue weighted by Crippen LogP contribution is -2.26. The van der Waals surface area contributed by atoms with Crippen LogP contribution >= 0.6 is 0 Å².